The Bertz CT molecular complexity index is 630. The molecule has 0 spiro atoms. The van der Waals surface area contributed by atoms with Gasteiger partial charge in [0.25, 0.3) is 0 Å². The first-order valence-electron chi connectivity index (χ1n) is 6.58. The lowest BCUT2D eigenvalue weighted by Gasteiger charge is -2.20. The van der Waals surface area contributed by atoms with Crippen LogP contribution in [-0.4, -0.2) is 16.6 Å². The zero-order valence-corrected chi connectivity index (χ0v) is 12.8. The molecule has 2 aromatic rings. The van der Waals surface area contributed by atoms with Gasteiger partial charge < -0.3 is 10.5 Å². The van der Waals surface area contributed by atoms with Crippen molar-refractivity contribution in [3.63, 3.8) is 0 Å². The highest BCUT2D eigenvalue weighted by Gasteiger charge is 2.22. The second-order valence-corrected chi connectivity index (χ2v) is 6.57. The molecule has 0 aliphatic carbocycles. The highest BCUT2D eigenvalue weighted by Crippen LogP contribution is 2.24. The van der Waals surface area contributed by atoms with Crippen molar-refractivity contribution in [1.29, 1.82) is 0 Å². The Morgan fingerprint density at radius 1 is 1.19 bits per heavy atom. The molecule has 0 heterocycles. The van der Waals surface area contributed by atoms with Gasteiger partial charge in [0, 0.05) is 10.9 Å². The van der Waals surface area contributed by atoms with Gasteiger partial charge in [-0.3, -0.25) is 4.21 Å². The second-order valence-electron chi connectivity index (χ2n) is 4.76. The molecule has 21 heavy (non-hydrogen) atoms. The van der Waals surface area contributed by atoms with Gasteiger partial charge in [0.15, 0.2) is 0 Å². The number of ether oxygens (including phenoxy) is 1. The molecule has 3 nitrogen and oxygen atoms in total. The number of hydrogen-bond acceptors (Lipinski definition) is 3. The molecule has 3 unspecified atom stereocenters. The van der Waals surface area contributed by atoms with Gasteiger partial charge in [-0.2, -0.15) is 0 Å². The van der Waals surface area contributed by atoms with Crippen LogP contribution >= 0.6 is 0 Å². The number of rotatable bonds is 5. The Morgan fingerprint density at radius 2 is 1.86 bits per heavy atom. The van der Waals surface area contributed by atoms with Crippen molar-refractivity contribution in [2.24, 2.45) is 5.73 Å². The molecular weight excluding hydrogens is 289 g/mol. The average Bonchev–Trinajstić information content (AvgIpc) is 2.53. The first kappa shape index (κ1) is 15.7. The normalized spacial score (nSPS) is 15.2. The Hall–Kier alpha value is -1.72. The minimum atomic E-state index is -1.37. The van der Waals surface area contributed by atoms with Crippen LogP contribution in [0.2, 0.25) is 0 Å². The van der Waals surface area contributed by atoms with E-state index in [1.165, 1.54) is 12.1 Å². The Kier molecular flexibility index (Phi) is 5.09. The van der Waals surface area contributed by atoms with E-state index in [1.54, 1.807) is 26.2 Å². The van der Waals surface area contributed by atoms with Crippen LogP contribution in [0, 0.1) is 5.82 Å². The summed E-state index contributed by atoms with van der Waals surface area (Å²) in [5.41, 5.74) is 7.05. The van der Waals surface area contributed by atoms with E-state index >= 15 is 0 Å². The average molecular weight is 307 g/mol. The molecule has 0 saturated carbocycles. The fourth-order valence-corrected chi connectivity index (χ4v) is 3.33. The fraction of sp³-hybridized carbons (Fsp3) is 0.250. The van der Waals surface area contributed by atoms with Crippen molar-refractivity contribution in [2.75, 3.05) is 7.11 Å². The third kappa shape index (κ3) is 3.68. The van der Waals surface area contributed by atoms with E-state index < -0.39 is 22.7 Å². The zero-order chi connectivity index (χ0) is 15.4. The summed E-state index contributed by atoms with van der Waals surface area (Å²) in [7, 11) is 0.221. The summed E-state index contributed by atoms with van der Waals surface area (Å²) >= 11 is 0. The molecule has 5 heteroatoms. The van der Waals surface area contributed by atoms with Crippen molar-refractivity contribution in [2.45, 2.75) is 23.1 Å². The van der Waals surface area contributed by atoms with Gasteiger partial charge in [-0.15, -0.1) is 0 Å². The summed E-state index contributed by atoms with van der Waals surface area (Å²) in [6, 6.07) is 12.7. The molecular formula is C16H18FNO2S. The van der Waals surface area contributed by atoms with Crippen LogP contribution in [0.25, 0.3) is 0 Å². The maximum Gasteiger partial charge on any atom is 0.124 e. The van der Waals surface area contributed by atoms with Crippen LogP contribution in [0.15, 0.2) is 53.4 Å². The lowest BCUT2D eigenvalue weighted by atomic mass is 10.1. The molecule has 0 amide bonds. The Morgan fingerprint density at radius 3 is 2.43 bits per heavy atom. The molecule has 0 fully saturated rings. The van der Waals surface area contributed by atoms with Crippen molar-refractivity contribution in [3.05, 3.63) is 59.9 Å². The maximum atomic E-state index is 13.2. The molecule has 0 aliphatic heterocycles. The van der Waals surface area contributed by atoms with E-state index in [-0.39, 0.29) is 5.25 Å². The molecule has 0 saturated heterocycles. The van der Waals surface area contributed by atoms with E-state index in [0.29, 0.717) is 4.90 Å². The van der Waals surface area contributed by atoms with Gasteiger partial charge in [-0.1, -0.05) is 18.2 Å². The van der Waals surface area contributed by atoms with Gasteiger partial charge in [0.2, 0.25) is 0 Å². The van der Waals surface area contributed by atoms with Crippen LogP contribution in [0.1, 0.15) is 18.5 Å². The Labute approximate surface area is 126 Å². The topological polar surface area (TPSA) is 52.3 Å². The van der Waals surface area contributed by atoms with Gasteiger partial charge in [-0.05, 0) is 42.8 Å². The van der Waals surface area contributed by atoms with E-state index in [1.807, 2.05) is 24.3 Å². The molecule has 2 N–H and O–H groups in total. The van der Waals surface area contributed by atoms with Crippen molar-refractivity contribution >= 4 is 10.8 Å². The summed E-state index contributed by atoms with van der Waals surface area (Å²) in [5.74, 6) is 0.343. The number of benzene rings is 2. The van der Waals surface area contributed by atoms with Crippen LogP contribution in [-0.2, 0) is 10.8 Å². The summed E-state index contributed by atoms with van der Waals surface area (Å²) in [4.78, 5) is 0.450. The maximum absolute atomic E-state index is 13.2. The predicted molar refractivity (Wildman–Crippen MR) is 82.2 cm³/mol. The van der Waals surface area contributed by atoms with Crippen molar-refractivity contribution < 1.29 is 13.3 Å². The summed E-state index contributed by atoms with van der Waals surface area (Å²) in [6.07, 6.45) is 0. The highest BCUT2D eigenvalue weighted by atomic mass is 32.2. The lowest BCUT2D eigenvalue weighted by molar-refractivity contribution is 0.414. The first-order chi connectivity index (χ1) is 10.0. The molecule has 2 aromatic carbocycles. The van der Waals surface area contributed by atoms with E-state index in [4.69, 9.17) is 10.5 Å². The molecule has 0 radical (unpaired) electrons. The molecule has 0 aliphatic rings. The smallest absolute Gasteiger partial charge is 0.124 e. The van der Waals surface area contributed by atoms with Crippen LogP contribution in [0.5, 0.6) is 5.75 Å². The van der Waals surface area contributed by atoms with Crippen LogP contribution in [0.3, 0.4) is 0 Å². The number of halogens is 1. The third-order valence-corrected chi connectivity index (χ3v) is 5.06. The Balaban J connectivity index is 2.17. The van der Waals surface area contributed by atoms with Crippen LogP contribution in [0.4, 0.5) is 4.39 Å². The van der Waals surface area contributed by atoms with Gasteiger partial charge in [0.1, 0.15) is 11.6 Å². The zero-order valence-electron chi connectivity index (χ0n) is 12.0. The van der Waals surface area contributed by atoms with Gasteiger partial charge in [-0.25, -0.2) is 4.39 Å². The van der Waals surface area contributed by atoms with Gasteiger partial charge in [0.05, 0.1) is 23.2 Å². The number of nitrogens with two attached hydrogens (primary N) is 1. The van der Waals surface area contributed by atoms with Crippen molar-refractivity contribution in [1.82, 2.24) is 0 Å². The molecule has 112 valence electrons. The molecule has 3 atom stereocenters. The standard InChI is InChI=1S/C16H18FNO2S/c1-11(21(19)15-5-3-4-13(17)10-15)16(18)12-6-8-14(20-2)9-7-12/h3-11,16H,18H2,1-2H3. The second kappa shape index (κ2) is 6.83. The molecule has 0 aromatic heterocycles. The minimum Gasteiger partial charge on any atom is -0.497 e. The van der Waals surface area contributed by atoms with E-state index in [0.717, 1.165) is 11.3 Å². The SMILES string of the molecule is COc1ccc(C(N)C(C)S(=O)c2cccc(F)c2)cc1. The first-order valence-corrected chi connectivity index (χ1v) is 7.80. The van der Waals surface area contributed by atoms with Crippen LogP contribution < -0.4 is 10.5 Å². The van der Waals surface area contributed by atoms with E-state index in [9.17, 15) is 8.60 Å². The highest BCUT2D eigenvalue weighted by molar-refractivity contribution is 7.85. The van der Waals surface area contributed by atoms with Crippen molar-refractivity contribution in [3.8, 4) is 5.75 Å². The third-order valence-electron chi connectivity index (χ3n) is 3.37. The minimum absolute atomic E-state index is 0.333. The quantitative estimate of drug-likeness (QED) is 0.924. The lowest BCUT2D eigenvalue weighted by Crippen LogP contribution is -2.27. The van der Waals surface area contributed by atoms with Gasteiger partial charge >= 0.3 is 0 Å². The summed E-state index contributed by atoms with van der Waals surface area (Å²) < 4.78 is 30.8. The summed E-state index contributed by atoms with van der Waals surface area (Å²) in [5, 5.41) is -0.333. The fourth-order valence-electron chi connectivity index (χ4n) is 2.04. The monoisotopic (exact) mass is 307 g/mol. The van der Waals surface area contributed by atoms with E-state index in [2.05, 4.69) is 0 Å². The summed E-state index contributed by atoms with van der Waals surface area (Å²) in [6.45, 7) is 1.80. The number of hydrogen-bond donors (Lipinski definition) is 1. The predicted octanol–water partition coefficient (Wildman–Crippen LogP) is 3.03. The number of methoxy groups -OCH3 is 1. The largest absolute Gasteiger partial charge is 0.497 e. The molecule has 2 rings (SSSR count). The molecule has 0 bridgehead atoms.